The van der Waals surface area contributed by atoms with Gasteiger partial charge in [0.05, 0.1) is 6.20 Å². The predicted octanol–water partition coefficient (Wildman–Crippen LogP) is 2.29. The summed E-state index contributed by atoms with van der Waals surface area (Å²) in [5.41, 5.74) is 8.94. The van der Waals surface area contributed by atoms with Crippen molar-refractivity contribution in [2.45, 2.75) is 13.1 Å². The molecule has 0 aliphatic heterocycles. The first-order chi connectivity index (χ1) is 8.54. The van der Waals surface area contributed by atoms with Crippen molar-refractivity contribution in [2.24, 2.45) is 7.05 Å². The number of benzene rings is 1. The van der Waals surface area contributed by atoms with Crippen molar-refractivity contribution in [1.82, 2.24) is 14.7 Å². The molecule has 0 aliphatic rings. The second-order valence-electron chi connectivity index (χ2n) is 4.54. The summed E-state index contributed by atoms with van der Waals surface area (Å²) in [6, 6.07) is 5.56. The molecule has 5 heteroatoms. The molecule has 0 saturated carbocycles. The summed E-state index contributed by atoms with van der Waals surface area (Å²) in [5, 5.41) is 4.87. The van der Waals surface area contributed by atoms with Gasteiger partial charge in [0.1, 0.15) is 0 Å². The zero-order valence-electron chi connectivity index (χ0n) is 10.6. The van der Waals surface area contributed by atoms with E-state index in [0.29, 0.717) is 5.02 Å². The first-order valence-electron chi connectivity index (χ1n) is 5.74. The Morgan fingerprint density at radius 2 is 2.17 bits per heavy atom. The van der Waals surface area contributed by atoms with E-state index >= 15 is 0 Å². The molecule has 0 radical (unpaired) electrons. The van der Waals surface area contributed by atoms with Gasteiger partial charge < -0.3 is 5.73 Å². The number of nitrogen functional groups attached to an aromatic ring is 1. The number of aryl methyl sites for hydroxylation is 1. The Bertz CT molecular complexity index is 536. The van der Waals surface area contributed by atoms with Crippen LogP contribution in [-0.2, 0) is 20.1 Å². The molecule has 4 nitrogen and oxygen atoms in total. The summed E-state index contributed by atoms with van der Waals surface area (Å²) in [6.07, 6.45) is 3.88. The maximum atomic E-state index is 5.98. The van der Waals surface area contributed by atoms with Crippen LogP contribution in [0.15, 0.2) is 30.6 Å². The van der Waals surface area contributed by atoms with Crippen molar-refractivity contribution in [3.8, 4) is 0 Å². The molecule has 1 heterocycles. The van der Waals surface area contributed by atoms with E-state index in [0.717, 1.165) is 24.3 Å². The van der Waals surface area contributed by atoms with Crippen molar-refractivity contribution in [3.63, 3.8) is 0 Å². The van der Waals surface area contributed by atoms with Crippen LogP contribution in [0.5, 0.6) is 0 Å². The van der Waals surface area contributed by atoms with Gasteiger partial charge in [-0.25, -0.2) is 0 Å². The fourth-order valence-corrected chi connectivity index (χ4v) is 2.12. The zero-order valence-corrected chi connectivity index (χ0v) is 11.4. The number of hydrogen-bond donors (Lipinski definition) is 1. The van der Waals surface area contributed by atoms with Gasteiger partial charge in [-0.05, 0) is 30.8 Å². The van der Waals surface area contributed by atoms with Crippen LogP contribution in [0, 0.1) is 0 Å². The lowest BCUT2D eigenvalue weighted by Crippen LogP contribution is -2.17. The minimum absolute atomic E-state index is 0.717. The molecule has 2 aromatic rings. The highest BCUT2D eigenvalue weighted by molar-refractivity contribution is 6.30. The molecule has 0 aliphatic carbocycles. The standard InChI is InChI=1S/C13H17ClN4/c1-17(7-10-6-16-18(2)8-10)9-11-5-12(14)3-4-13(11)15/h3-6,8H,7,9,15H2,1-2H3. The van der Waals surface area contributed by atoms with E-state index in [1.165, 1.54) is 5.56 Å². The van der Waals surface area contributed by atoms with E-state index < -0.39 is 0 Å². The zero-order chi connectivity index (χ0) is 13.1. The Kier molecular flexibility index (Phi) is 3.89. The maximum Gasteiger partial charge on any atom is 0.0534 e. The topological polar surface area (TPSA) is 47.1 Å². The average molecular weight is 265 g/mol. The van der Waals surface area contributed by atoms with Gasteiger partial charge in [0.15, 0.2) is 0 Å². The molecule has 2 N–H and O–H groups in total. The SMILES string of the molecule is CN(Cc1cnn(C)c1)Cc1cc(Cl)ccc1N. The number of nitrogens with two attached hydrogens (primary N) is 1. The fraction of sp³-hybridized carbons (Fsp3) is 0.308. The average Bonchev–Trinajstić information content (AvgIpc) is 2.69. The van der Waals surface area contributed by atoms with Crippen molar-refractivity contribution in [2.75, 3.05) is 12.8 Å². The quantitative estimate of drug-likeness (QED) is 0.862. The molecule has 1 aromatic carbocycles. The number of aromatic nitrogens is 2. The van der Waals surface area contributed by atoms with Gasteiger partial charge in [-0.15, -0.1) is 0 Å². The summed E-state index contributed by atoms with van der Waals surface area (Å²) in [6.45, 7) is 1.60. The monoisotopic (exact) mass is 264 g/mol. The normalized spacial score (nSPS) is 11.1. The highest BCUT2D eigenvalue weighted by Crippen LogP contribution is 2.19. The lowest BCUT2D eigenvalue weighted by Gasteiger charge is -2.17. The van der Waals surface area contributed by atoms with Crippen LogP contribution in [-0.4, -0.2) is 21.7 Å². The fourth-order valence-electron chi connectivity index (χ4n) is 1.92. The predicted molar refractivity (Wildman–Crippen MR) is 74.2 cm³/mol. The smallest absolute Gasteiger partial charge is 0.0534 e. The van der Waals surface area contributed by atoms with E-state index in [9.17, 15) is 0 Å². The molecule has 0 unspecified atom stereocenters. The van der Waals surface area contributed by atoms with E-state index in [1.807, 2.05) is 44.7 Å². The molecular weight excluding hydrogens is 248 g/mol. The third kappa shape index (κ3) is 3.24. The number of hydrogen-bond acceptors (Lipinski definition) is 3. The minimum atomic E-state index is 0.717. The van der Waals surface area contributed by atoms with Crippen molar-refractivity contribution < 1.29 is 0 Å². The maximum absolute atomic E-state index is 5.98. The highest BCUT2D eigenvalue weighted by atomic mass is 35.5. The Morgan fingerprint density at radius 3 is 2.83 bits per heavy atom. The Hall–Kier alpha value is -1.52. The van der Waals surface area contributed by atoms with Crippen LogP contribution < -0.4 is 5.73 Å². The van der Waals surface area contributed by atoms with E-state index in [2.05, 4.69) is 10.00 Å². The third-order valence-electron chi connectivity index (χ3n) is 2.76. The summed E-state index contributed by atoms with van der Waals surface area (Å²) < 4.78 is 1.80. The molecule has 18 heavy (non-hydrogen) atoms. The summed E-state index contributed by atoms with van der Waals surface area (Å²) >= 11 is 5.98. The molecule has 2 rings (SSSR count). The van der Waals surface area contributed by atoms with Gasteiger partial charge >= 0.3 is 0 Å². The first kappa shape index (κ1) is 12.9. The van der Waals surface area contributed by atoms with E-state index in [-0.39, 0.29) is 0 Å². The number of nitrogens with zero attached hydrogens (tertiary/aromatic N) is 3. The Morgan fingerprint density at radius 1 is 1.39 bits per heavy atom. The molecule has 0 saturated heterocycles. The molecule has 96 valence electrons. The molecule has 0 atom stereocenters. The number of anilines is 1. The summed E-state index contributed by atoms with van der Waals surface area (Å²) in [5.74, 6) is 0. The van der Waals surface area contributed by atoms with Gasteiger partial charge in [0.25, 0.3) is 0 Å². The molecule has 0 bridgehead atoms. The van der Waals surface area contributed by atoms with Crippen LogP contribution in [0.1, 0.15) is 11.1 Å². The van der Waals surface area contributed by atoms with Crippen molar-refractivity contribution in [1.29, 1.82) is 0 Å². The largest absolute Gasteiger partial charge is 0.398 e. The van der Waals surface area contributed by atoms with Crippen molar-refractivity contribution >= 4 is 17.3 Å². The lowest BCUT2D eigenvalue weighted by molar-refractivity contribution is 0.319. The van der Waals surface area contributed by atoms with Crippen LogP contribution >= 0.6 is 11.6 Å². The van der Waals surface area contributed by atoms with Crippen LogP contribution in [0.25, 0.3) is 0 Å². The molecule has 0 fully saturated rings. The number of halogens is 1. The Balaban J connectivity index is 2.02. The third-order valence-corrected chi connectivity index (χ3v) is 2.99. The van der Waals surface area contributed by atoms with E-state index in [4.69, 9.17) is 17.3 Å². The van der Waals surface area contributed by atoms with Gasteiger partial charge in [0, 0.05) is 42.6 Å². The summed E-state index contributed by atoms with van der Waals surface area (Å²) in [4.78, 5) is 2.18. The van der Waals surface area contributed by atoms with Crippen molar-refractivity contribution in [3.05, 3.63) is 46.7 Å². The van der Waals surface area contributed by atoms with Gasteiger partial charge in [-0.2, -0.15) is 5.10 Å². The van der Waals surface area contributed by atoms with Gasteiger partial charge in [-0.1, -0.05) is 11.6 Å². The minimum Gasteiger partial charge on any atom is -0.398 e. The van der Waals surface area contributed by atoms with E-state index in [1.54, 1.807) is 4.68 Å². The highest BCUT2D eigenvalue weighted by Gasteiger charge is 2.06. The molecular formula is C13H17ClN4. The Labute approximate surface area is 112 Å². The van der Waals surface area contributed by atoms with Crippen LogP contribution in [0.3, 0.4) is 0 Å². The van der Waals surface area contributed by atoms with Crippen LogP contribution in [0.2, 0.25) is 5.02 Å². The van der Waals surface area contributed by atoms with Crippen LogP contribution in [0.4, 0.5) is 5.69 Å². The van der Waals surface area contributed by atoms with Gasteiger partial charge in [0.2, 0.25) is 0 Å². The second-order valence-corrected chi connectivity index (χ2v) is 4.97. The number of rotatable bonds is 4. The molecule has 0 spiro atoms. The molecule has 1 aromatic heterocycles. The van der Waals surface area contributed by atoms with Gasteiger partial charge in [-0.3, -0.25) is 9.58 Å². The molecule has 0 amide bonds. The lowest BCUT2D eigenvalue weighted by atomic mass is 10.1. The second kappa shape index (κ2) is 5.42. The first-order valence-corrected chi connectivity index (χ1v) is 6.12. The summed E-state index contributed by atoms with van der Waals surface area (Å²) in [7, 11) is 3.96.